The van der Waals surface area contributed by atoms with E-state index >= 15 is 0 Å². The molecule has 0 saturated carbocycles. The van der Waals surface area contributed by atoms with Gasteiger partial charge in [0.1, 0.15) is 17.1 Å². The highest BCUT2D eigenvalue weighted by atomic mass is 16.6. The Balaban J connectivity index is 1.85. The molecule has 4 rings (SSSR count). The van der Waals surface area contributed by atoms with E-state index in [-0.39, 0.29) is 17.1 Å². The molecule has 0 bridgehead atoms. The number of non-ortho nitro benzene ring substituents is 1. The van der Waals surface area contributed by atoms with Gasteiger partial charge in [0, 0.05) is 35.8 Å². The topological polar surface area (TPSA) is 162 Å². The first kappa shape index (κ1) is 21.4. The number of phenols is 1. The van der Waals surface area contributed by atoms with Crippen LogP contribution in [-0.4, -0.2) is 35.4 Å². The van der Waals surface area contributed by atoms with Gasteiger partial charge in [0.25, 0.3) is 5.69 Å². The van der Waals surface area contributed by atoms with Crippen molar-refractivity contribution in [3.05, 3.63) is 91.8 Å². The van der Waals surface area contributed by atoms with Gasteiger partial charge >= 0.3 is 5.69 Å². The fourth-order valence-corrected chi connectivity index (χ4v) is 3.39. The van der Waals surface area contributed by atoms with Crippen molar-refractivity contribution in [2.24, 2.45) is 12.1 Å². The summed E-state index contributed by atoms with van der Waals surface area (Å²) in [5.41, 5.74) is 4.19. The molecule has 0 aliphatic rings. The second-order valence-corrected chi connectivity index (χ2v) is 7.11. The van der Waals surface area contributed by atoms with Gasteiger partial charge in [-0.15, -0.1) is 0 Å². The van der Waals surface area contributed by atoms with Crippen molar-refractivity contribution in [1.82, 2.24) is 14.8 Å². The van der Waals surface area contributed by atoms with E-state index in [4.69, 9.17) is 0 Å². The van der Waals surface area contributed by atoms with Gasteiger partial charge in [0.2, 0.25) is 0 Å². The van der Waals surface area contributed by atoms with Gasteiger partial charge in [0.15, 0.2) is 5.65 Å². The summed E-state index contributed by atoms with van der Waals surface area (Å²) in [6.07, 6.45) is 1.56. The minimum absolute atomic E-state index is 0.0508. The number of fused-ring (bicyclic) bond motifs is 1. The normalized spacial score (nSPS) is 11.5. The molecule has 0 amide bonds. The molecular formula is C21H17N7O5. The minimum atomic E-state index is -0.739. The zero-order chi connectivity index (χ0) is 23.7. The van der Waals surface area contributed by atoms with E-state index in [9.17, 15) is 25.3 Å². The summed E-state index contributed by atoms with van der Waals surface area (Å²) in [7, 11) is 1.77. The summed E-state index contributed by atoms with van der Waals surface area (Å²) in [5, 5.41) is 42.3. The maximum atomic E-state index is 11.5. The quantitative estimate of drug-likeness (QED) is 0.257. The molecule has 2 N–H and O–H groups in total. The van der Waals surface area contributed by atoms with E-state index < -0.39 is 21.2 Å². The second-order valence-electron chi connectivity index (χ2n) is 7.11. The molecule has 0 aliphatic carbocycles. The Morgan fingerprint density at radius 2 is 1.88 bits per heavy atom. The number of nitrogens with one attached hydrogen (secondary N) is 1. The molecule has 4 aromatic rings. The number of aromatic hydroxyl groups is 1. The Kier molecular flexibility index (Phi) is 5.40. The van der Waals surface area contributed by atoms with E-state index in [1.165, 1.54) is 12.1 Å². The van der Waals surface area contributed by atoms with Crippen LogP contribution < -0.4 is 5.43 Å². The number of hydrogen-bond acceptors (Lipinski definition) is 9. The molecular weight excluding hydrogens is 430 g/mol. The molecule has 0 radical (unpaired) electrons. The van der Waals surface area contributed by atoms with Gasteiger partial charge in [-0.05, 0) is 31.2 Å². The fourth-order valence-electron chi connectivity index (χ4n) is 3.39. The van der Waals surface area contributed by atoms with Crippen LogP contribution in [0.3, 0.4) is 0 Å². The van der Waals surface area contributed by atoms with E-state index in [0.717, 1.165) is 23.2 Å². The van der Waals surface area contributed by atoms with Gasteiger partial charge in [0.05, 0.1) is 21.6 Å². The summed E-state index contributed by atoms with van der Waals surface area (Å²) >= 11 is 0. The van der Waals surface area contributed by atoms with Crippen molar-refractivity contribution in [3.8, 4) is 5.75 Å². The van der Waals surface area contributed by atoms with Crippen LogP contribution in [-0.2, 0) is 7.05 Å². The van der Waals surface area contributed by atoms with Crippen molar-refractivity contribution in [3.63, 3.8) is 0 Å². The Bertz CT molecular complexity index is 1440. The number of benzene rings is 2. The molecule has 0 aliphatic heterocycles. The molecule has 12 nitrogen and oxygen atoms in total. The Labute approximate surface area is 186 Å². The summed E-state index contributed by atoms with van der Waals surface area (Å²) in [6.45, 7) is 1.84. The maximum absolute atomic E-state index is 11.5. The lowest BCUT2D eigenvalue weighted by Gasteiger charge is -2.10. The van der Waals surface area contributed by atoms with Crippen LogP contribution >= 0.6 is 0 Å². The minimum Gasteiger partial charge on any atom is -0.507 e. The number of pyridine rings is 1. The van der Waals surface area contributed by atoms with Crippen LogP contribution in [0.25, 0.3) is 11.0 Å². The maximum Gasteiger partial charge on any atom is 0.301 e. The van der Waals surface area contributed by atoms with Crippen LogP contribution in [0.4, 0.5) is 17.1 Å². The average Bonchev–Trinajstić information content (AvgIpc) is 3.08. The highest BCUT2D eigenvalue weighted by molar-refractivity contribution is 6.15. The number of aromatic nitrogens is 3. The molecule has 0 atom stereocenters. The third-order valence-electron chi connectivity index (χ3n) is 4.97. The highest BCUT2D eigenvalue weighted by Gasteiger charge is 2.20. The first-order chi connectivity index (χ1) is 15.8. The van der Waals surface area contributed by atoms with E-state index in [1.54, 1.807) is 36.1 Å². The summed E-state index contributed by atoms with van der Waals surface area (Å²) in [6, 6.07) is 11.5. The van der Waals surface area contributed by atoms with Crippen LogP contribution in [0, 0.1) is 27.2 Å². The van der Waals surface area contributed by atoms with E-state index in [1.807, 2.05) is 13.0 Å². The number of nitro benzene ring substituents is 2. The number of para-hydroxylation sites is 1. The Morgan fingerprint density at radius 3 is 2.58 bits per heavy atom. The molecule has 2 heterocycles. The molecule has 0 fully saturated rings. The summed E-state index contributed by atoms with van der Waals surface area (Å²) in [5.74, 6) is -0.0562. The Morgan fingerprint density at radius 1 is 1.12 bits per heavy atom. The van der Waals surface area contributed by atoms with E-state index in [0.29, 0.717) is 16.8 Å². The first-order valence-corrected chi connectivity index (χ1v) is 9.61. The Hall–Kier alpha value is -4.87. The van der Waals surface area contributed by atoms with Crippen LogP contribution in [0.1, 0.15) is 16.8 Å². The summed E-state index contributed by atoms with van der Waals surface area (Å²) < 4.78 is 1.64. The predicted molar refractivity (Wildman–Crippen MR) is 120 cm³/mol. The number of hydrogen-bond donors (Lipinski definition) is 2. The van der Waals surface area contributed by atoms with Crippen molar-refractivity contribution >= 4 is 33.8 Å². The van der Waals surface area contributed by atoms with Crippen LogP contribution in [0.5, 0.6) is 5.75 Å². The van der Waals surface area contributed by atoms with Gasteiger partial charge in [-0.2, -0.15) is 10.2 Å². The number of rotatable bonds is 6. The number of anilines is 1. The first-order valence-electron chi connectivity index (χ1n) is 9.61. The lowest BCUT2D eigenvalue weighted by atomic mass is 10.0. The third-order valence-corrected chi connectivity index (χ3v) is 4.97. The summed E-state index contributed by atoms with van der Waals surface area (Å²) in [4.78, 5) is 25.4. The molecule has 166 valence electrons. The molecule has 12 heteroatoms. The molecule has 0 saturated heterocycles. The van der Waals surface area contributed by atoms with Crippen molar-refractivity contribution < 1.29 is 15.0 Å². The highest BCUT2D eigenvalue weighted by Crippen LogP contribution is 2.30. The molecule has 0 spiro atoms. The monoisotopic (exact) mass is 447 g/mol. The van der Waals surface area contributed by atoms with E-state index in [2.05, 4.69) is 20.6 Å². The van der Waals surface area contributed by atoms with Gasteiger partial charge < -0.3 is 5.11 Å². The van der Waals surface area contributed by atoms with Crippen LogP contribution in [0.2, 0.25) is 0 Å². The fraction of sp³-hybridized carbons (Fsp3) is 0.0952. The zero-order valence-corrected chi connectivity index (χ0v) is 17.5. The molecule has 2 aromatic carbocycles. The number of nitrogens with zero attached hydrogens (tertiary/aromatic N) is 6. The standard InChI is InChI=1S/C21H17N7O5/c1-12-16-9-13(11-22-21(16)26(2)25-12)20(15-5-3-4-6-19(15)29)24-23-17-8-7-14(27(30)31)10-18(17)28(32)33/h3-11,23,29H,1-2H3/b24-20-. The lowest BCUT2D eigenvalue weighted by molar-refractivity contribution is -0.393. The van der Waals surface area contributed by atoms with Crippen molar-refractivity contribution in [2.45, 2.75) is 6.92 Å². The number of aryl methyl sites for hydroxylation is 2. The smallest absolute Gasteiger partial charge is 0.301 e. The predicted octanol–water partition coefficient (Wildman–Crippen LogP) is 3.66. The number of nitro groups is 2. The molecule has 0 unspecified atom stereocenters. The third kappa shape index (κ3) is 4.04. The lowest BCUT2D eigenvalue weighted by Crippen LogP contribution is -2.08. The van der Waals surface area contributed by atoms with Gasteiger partial charge in [-0.1, -0.05) is 12.1 Å². The SMILES string of the molecule is Cc1nn(C)c2ncc(/C(=N/Nc3ccc([N+](=O)[O-])cc3[N+](=O)[O-])c3ccccc3O)cc12. The zero-order valence-electron chi connectivity index (χ0n) is 17.5. The van der Waals surface area contributed by atoms with Crippen LogP contribution in [0.15, 0.2) is 59.8 Å². The number of phenolic OH excluding ortho intramolecular Hbond substituents is 1. The molecule has 2 aromatic heterocycles. The second kappa shape index (κ2) is 8.34. The van der Waals surface area contributed by atoms with Gasteiger partial charge in [-0.25, -0.2) is 4.98 Å². The largest absolute Gasteiger partial charge is 0.507 e. The molecule has 33 heavy (non-hydrogen) atoms. The number of hydrazone groups is 1. The van der Waals surface area contributed by atoms with Crippen molar-refractivity contribution in [1.29, 1.82) is 0 Å². The van der Waals surface area contributed by atoms with Crippen molar-refractivity contribution in [2.75, 3.05) is 5.43 Å². The average molecular weight is 447 g/mol. The van der Waals surface area contributed by atoms with Gasteiger partial charge in [-0.3, -0.25) is 30.3 Å².